The van der Waals surface area contributed by atoms with Crippen LogP contribution < -0.4 is 4.74 Å². The van der Waals surface area contributed by atoms with Gasteiger partial charge in [-0.15, -0.1) is 0 Å². The van der Waals surface area contributed by atoms with E-state index in [4.69, 9.17) is 4.74 Å². The minimum atomic E-state index is -2.97. The second-order valence-corrected chi connectivity index (χ2v) is 4.06. The molecule has 1 aromatic rings. The van der Waals surface area contributed by atoms with E-state index in [0.717, 1.165) is 5.56 Å². The van der Waals surface area contributed by atoms with Gasteiger partial charge in [0.2, 0.25) is 5.78 Å². The molecule has 0 radical (unpaired) electrons. The van der Waals surface area contributed by atoms with Gasteiger partial charge in [0.25, 0.3) is 0 Å². The Balaban J connectivity index is 2.45. The number of carbonyl (C=O) groups is 1. The number of Topliss-reactive ketones (excluding diaryl/α,β-unsaturated/α-hetero) is 1. The summed E-state index contributed by atoms with van der Waals surface area (Å²) in [5, 5.41) is 0. The van der Waals surface area contributed by atoms with Crippen molar-refractivity contribution >= 4 is 21.7 Å². The smallest absolute Gasteiger partial charge is 0.300 e. The molecule has 15 heavy (non-hydrogen) atoms. The zero-order chi connectivity index (χ0) is 11.0. The summed E-state index contributed by atoms with van der Waals surface area (Å²) in [4.78, 5) is 11.1. The first-order valence-corrected chi connectivity index (χ1v) is 5.16. The molecular weight excluding hydrogens is 270 g/mol. The molecule has 0 spiro atoms. The monoisotopic (exact) mass is 276 g/mol. The van der Waals surface area contributed by atoms with E-state index in [2.05, 4.69) is 15.9 Å². The van der Waals surface area contributed by atoms with Crippen LogP contribution >= 0.6 is 15.9 Å². The van der Waals surface area contributed by atoms with Crippen LogP contribution in [0.25, 0.3) is 0 Å². The molecule has 1 aromatic carbocycles. The maximum atomic E-state index is 12.2. The molecule has 5 heteroatoms. The normalized spacial score (nSPS) is 13.9. The zero-order valence-corrected chi connectivity index (χ0v) is 9.18. The van der Waals surface area contributed by atoms with Crippen molar-refractivity contribution in [2.24, 2.45) is 0 Å². The molecule has 80 valence electrons. The maximum absolute atomic E-state index is 12.2. The summed E-state index contributed by atoms with van der Waals surface area (Å²) in [5.41, 5.74) is 0.830. The van der Waals surface area contributed by atoms with E-state index in [0.29, 0.717) is 23.2 Å². The summed E-state index contributed by atoms with van der Waals surface area (Å²) in [5.74, 6) is -0.496. The maximum Gasteiger partial charge on any atom is 0.300 e. The fourth-order valence-corrected chi connectivity index (χ4v) is 2.02. The number of hydrogen-bond donors (Lipinski definition) is 0. The summed E-state index contributed by atoms with van der Waals surface area (Å²) < 4.78 is 30.1. The van der Waals surface area contributed by atoms with Gasteiger partial charge in [0.1, 0.15) is 5.75 Å². The first-order chi connectivity index (χ1) is 7.09. The van der Waals surface area contributed by atoms with E-state index < -0.39 is 12.2 Å². The van der Waals surface area contributed by atoms with E-state index in [1.807, 2.05) is 0 Å². The van der Waals surface area contributed by atoms with Gasteiger partial charge in [-0.25, -0.2) is 8.78 Å². The standard InChI is InChI=1S/C10H7BrF2O2/c11-7-4-8-5(1-2-15-8)3-6(7)9(14)10(12)13/h3-4,10H,1-2H2. The number of benzene rings is 1. The number of rotatable bonds is 2. The lowest BCUT2D eigenvalue weighted by Gasteiger charge is -2.05. The summed E-state index contributed by atoms with van der Waals surface area (Å²) in [6.07, 6.45) is -2.31. The molecule has 0 atom stereocenters. The van der Waals surface area contributed by atoms with Crippen LogP contribution in [-0.2, 0) is 6.42 Å². The Kier molecular flexibility index (Phi) is 2.73. The lowest BCUT2D eigenvalue weighted by atomic mass is 10.1. The van der Waals surface area contributed by atoms with Gasteiger partial charge in [-0.05, 0) is 33.6 Å². The highest BCUT2D eigenvalue weighted by atomic mass is 79.9. The molecule has 2 nitrogen and oxygen atoms in total. The van der Waals surface area contributed by atoms with Crippen LogP contribution in [0.4, 0.5) is 8.78 Å². The molecule has 0 aliphatic carbocycles. The first-order valence-electron chi connectivity index (χ1n) is 4.37. The van der Waals surface area contributed by atoms with Gasteiger partial charge >= 0.3 is 6.43 Å². The van der Waals surface area contributed by atoms with Crippen LogP contribution in [0.15, 0.2) is 16.6 Å². The van der Waals surface area contributed by atoms with Gasteiger partial charge < -0.3 is 4.74 Å². The third-order valence-corrected chi connectivity index (χ3v) is 2.90. The van der Waals surface area contributed by atoms with E-state index in [1.165, 1.54) is 6.07 Å². The third-order valence-electron chi connectivity index (χ3n) is 2.24. The topological polar surface area (TPSA) is 26.3 Å². The number of carbonyl (C=O) groups excluding carboxylic acids is 1. The fraction of sp³-hybridized carbons (Fsp3) is 0.300. The highest BCUT2D eigenvalue weighted by Gasteiger charge is 2.23. The second-order valence-electron chi connectivity index (χ2n) is 3.20. The van der Waals surface area contributed by atoms with Gasteiger partial charge in [-0.2, -0.15) is 0 Å². The third kappa shape index (κ3) is 1.88. The van der Waals surface area contributed by atoms with Gasteiger partial charge in [0.05, 0.1) is 6.61 Å². The van der Waals surface area contributed by atoms with E-state index in [-0.39, 0.29) is 5.56 Å². The van der Waals surface area contributed by atoms with Crippen molar-refractivity contribution in [1.29, 1.82) is 0 Å². The Morgan fingerprint density at radius 1 is 1.47 bits per heavy atom. The molecular formula is C10H7BrF2O2. The molecule has 1 aliphatic rings. The zero-order valence-electron chi connectivity index (χ0n) is 7.60. The van der Waals surface area contributed by atoms with E-state index in [1.54, 1.807) is 6.07 Å². The molecule has 0 aromatic heterocycles. The predicted octanol–water partition coefficient (Wildman–Crippen LogP) is 2.83. The average molecular weight is 277 g/mol. The molecule has 0 unspecified atom stereocenters. The quantitative estimate of drug-likeness (QED) is 0.777. The number of ketones is 1. The molecule has 0 saturated carbocycles. The molecule has 0 amide bonds. The number of fused-ring (bicyclic) bond motifs is 1. The Morgan fingerprint density at radius 3 is 2.87 bits per heavy atom. The van der Waals surface area contributed by atoms with Gasteiger partial charge in [0.15, 0.2) is 0 Å². The number of alkyl halides is 2. The lowest BCUT2D eigenvalue weighted by molar-refractivity contribution is 0.0678. The Bertz CT molecular complexity index is 418. The molecule has 0 bridgehead atoms. The average Bonchev–Trinajstić information content (AvgIpc) is 2.62. The number of hydrogen-bond acceptors (Lipinski definition) is 2. The predicted molar refractivity (Wildman–Crippen MR) is 53.7 cm³/mol. The number of ether oxygens (including phenoxy) is 1. The minimum Gasteiger partial charge on any atom is -0.493 e. The van der Waals surface area contributed by atoms with Gasteiger partial charge in [0, 0.05) is 16.5 Å². The van der Waals surface area contributed by atoms with Crippen LogP contribution in [0.3, 0.4) is 0 Å². The molecule has 1 aliphatic heterocycles. The molecule has 0 N–H and O–H groups in total. The van der Waals surface area contributed by atoms with Crippen LogP contribution in [0.1, 0.15) is 15.9 Å². The molecule has 2 rings (SSSR count). The van der Waals surface area contributed by atoms with E-state index in [9.17, 15) is 13.6 Å². The van der Waals surface area contributed by atoms with Crippen molar-refractivity contribution in [3.8, 4) is 5.75 Å². The minimum absolute atomic E-state index is 0.0225. The van der Waals surface area contributed by atoms with Crippen molar-refractivity contribution in [2.45, 2.75) is 12.8 Å². The Hall–Kier alpha value is -0.970. The van der Waals surface area contributed by atoms with Crippen molar-refractivity contribution in [3.63, 3.8) is 0 Å². The molecule has 1 heterocycles. The number of halogens is 3. The molecule has 0 saturated heterocycles. The fourth-order valence-electron chi connectivity index (χ4n) is 1.51. The first kappa shape index (κ1) is 10.5. The highest BCUT2D eigenvalue weighted by molar-refractivity contribution is 9.10. The Morgan fingerprint density at radius 2 is 2.20 bits per heavy atom. The van der Waals surface area contributed by atoms with Crippen LogP contribution in [0.5, 0.6) is 5.75 Å². The summed E-state index contributed by atoms with van der Waals surface area (Å²) in [6.45, 7) is 0.536. The van der Waals surface area contributed by atoms with Crippen molar-refractivity contribution in [2.75, 3.05) is 6.61 Å². The Labute approximate surface area is 93.4 Å². The SMILES string of the molecule is O=C(c1cc2c(cc1Br)OCC2)C(F)F. The van der Waals surface area contributed by atoms with Crippen molar-refractivity contribution < 1.29 is 18.3 Å². The van der Waals surface area contributed by atoms with Gasteiger partial charge in [-0.3, -0.25) is 4.79 Å². The summed E-state index contributed by atoms with van der Waals surface area (Å²) in [7, 11) is 0. The van der Waals surface area contributed by atoms with Crippen LogP contribution in [0, 0.1) is 0 Å². The summed E-state index contributed by atoms with van der Waals surface area (Å²) in [6, 6.07) is 3.04. The van der Waals surface area contributed by atoms with Crippen LogP contribution in [-0.4, -0.2) is 18.8 Å². The highest BCUT2D eigenvalue weighted by Crippen LogP contribution is 2.32. The molecule has 0 fully saturated rings. The van der Waals surface area contributed by atoms with Crippen LogP contribution in [0.2, 0.25) is 0 Å². The second kappa shape index (κ2) is 3.89. The summed E-state index contributed by atoms with van der Waals surface area (Å²) >= 11 is 3.08. The van der Waals surface area contributed by atoms with E-state index >= 15 is 0 Å². The van der Waals surface area contributed by atoms with Crippen molar-refractivity contribution in [1.82, 2.24) is 0 Å². The largest absolute Gasteiger partial charge is 0.493 e. The lowest BCUT2D eigenvalue weighted by Crippen LogP contribution is -2.11. The van der Waals surface area contributed by atoms with Crippen molar-refractivity contribution in [3.05, 3.63) is 27.7 Å². The van der Waals surface area contributed by atoms with Gasteiger partial charge in [-0.1, -0.05) is 0 Å².